The minimum absolute atomic E-state index is 0.167. The van der Waals surface area contributed by atoms with Crippen LogP contribution in [0.2, 0.25) is 0 Å². The Kier molecular flexibility index (Phi) is 6.18. The number of aromatic nitrogens is 1. The number of benzene rings is 2. The zero-order chi connectivity index (χ0) is 21.0. The first kappa shape index (κ1) is 20.4. The smallest absolute Gasteiger partial charge is 0.337 e. The monoisotopic (exact) mass is 416 g/mol. The van der Waals surface area contributed by atoms with Crippen LogP contribution < -0.4 is 4.80 Å². The Morgan fingerprint density at radius 3 is 2.45 bits per heavy atom. The van der Waals surface area contributed by atoms with Gasteiger partial charge in [-0.2, -0.15) is 4.99 Å². The number of fused-ring (bicyclic) bond motifs is 1. The number of thiazole rings is 1. The first-order chi connectivity index (χ1) is 13.9. The van der Waals surface area contributed by atoms with Crippen LogP contribution in [0.3, 0.4) is 0 Å². The number of nitrogens with zero attached hydrogens (tertiary/aromatic N) is 2. The standard InChI is InChI=1S/C20H17FN2O5S/c1-3-28-16(24)11-23-17-14(21)5-4-6-15(17)29-20(23)22-18(25)12-7-9-13(10-8-12)19(26)27-2/h4-10H,3,11H2,1-2H3. The summed E-state index contributed by atoms with van der Waals surface area (Å²) in [4.78, 5) is 40.3. The summed E-state index contributed by atoms with van der Waals surface area (Å²) in [6.07, 6.45) is 0. The lowest BCUT2D eigenvalue weighted by Gasteiger charge is -2.05. The van der Waals surface area contributed by atoms with E-state index in [9.17, 15) is 18.8 Å². The molecule has 0 fully saturated rings. The van der Waals surface area contributed by atoms with Gasteiger partial charge in [-0.25, -0.2) is 9.18 Å². The average Bonchev–Trinajstić information content (AvgIpc) is 3.05. The van der Waals surface area contributed by atoms with Crippen LogP contribution >= 0.6 is 11.3 Å². The largest absolute Gasteiger partial charge is 0.465 e. The van der Waals surface area contributed by atoms with Crippen molar-refractivity contribution in [2.24, 2.45) is 4.99 Å². The predicted molar refractivity (Wildman–Crippen MR) is 104 cm³/mol. The van der Waals surface area contributed by atoms with Gasteiger partial charge < -0.3 is 14.0 Å². The number of methoxy groups -OCH3 is 1. The summed E-state index contributed by atoms with van der Waals surface area (Å²) in [6.45, 7) is 1.58. The van der Waals surface area contributed by atoms with Crippen molar-refractivity contribution in [3.63, 3.8) is 0 Å². The molecule has 2 aromatic carbocycles. The predicted octanol–water partition coefficient (Wildman–Crippen LogP) is 2.93. The SMILES string of the molecule is CCOC(=O)Cn1c(=NC(=O)c2ccc(C(=O)OC)cc2)sc2cccc(F)c21. The van der Waals surface area contributed by atoms with E-state index >= 15 is 0 Å². The number of para-hydroxylation sites is 1. The van der Waals surface area contributed by atoms with Crippen molar-refractivity contribution >= 4 is 39.4 Å². The second-order valence-electron chi connectivity index (χ2n) is 5.85. The minimum Gasteiger partial charge on any atom is -0.465 e. The van der Waals surface area contributed by atoms with E-state index in [-0.39, 0.29) is 29.0 Å². The van der Waals surface area contributed by atoms with Gasteiger partial charge in [0.05, 0.1) is 29.5 Å². The fraction of sp³-hybridized carbons (Fsp3) is 0.200. The van der Waals surface area contributed by atoms with E-state index in [2.05, 4.69) is 9.73 Å². The van der Waals surface area contributed by atoms with E-state index in [1.807, 2.05) is 0 Å². The fourth-order valence-electron chi connectivity index (χ4n) is 2.67. The number of esters is 2. The Morgan fingerprint density at radius 2 is 1.79 bits per heavy atom. The first-order valence-electron chi connectivity index (χ1n) is 8.65. The number of halogens is 1. The van der Waals surface area contributed by atoms with Crippen LogP contribution in [0.4, 0.5) is 4.39 Å². The van der Waals surface area contributed by atoms with Crippen molar-refractivity contribution in [3.05, 3.63) is 64.2 Å². The molecule has 3 aromatic rings. The quantitative estimate of drug-likeness (QED) is 0.597. The highest BCUT2D eigenvalue weighted by Crippen LogP contribution is 2.20. The lowest BCUT2D eigenvalue weighted by molar-refractivity contribution is -0.143. The molecule has 0 atom stereocenters. The highest BCUT2D eigenvalue weighted by Gasteiger charge is 2.16. The van der Waals surface area contributed by atoms with Gasteiger partial charge in [0.25, 0.3) is 5.91 Å². The molecular weight excluding hydrogens is 399 g/mol. The first-order valence-corrected chi connectivity index (χ1v) is 9.47. The van der Waals surface area contributed by atoms with Crippen molar-refractivity contribution in [2.75, 3.05) is 13.7 Å². The number of amides is 1. The molecule has 0 bridgehead atoms. The van der Waals surface area contributed by atoms with Crippen molar-refractivity contribution in [1.29, 1.82) is 0 Å². The van der Waals surface area contributed by atoms with Crippen LogP contribution in [0.1, 0.15) is 27.6 Å². The summed E-state index contributed by atoms with van der Waals surface area (Å²) < 4.78 is 25.8. The number of carbonyl (C=O) groups excluding carboxylic acids is 3. The summed E-state index contributed by atoms with van der Waals surface area (Å²) in [7, 11) is 1.26. The van der Waals surface area contributed by atoms with Gasteiger partial charge in [-0.1, -0.05) is 17.4 Å². The second-order valence-corrected chi connectivity index (χ2v) is 6.86. The van der Waals surface area contributed by atoms with Crippen molar-refractivity contribution in [2.45, 2.75) is 13.5 Å². The molecule has 0 spiro atoms. The Morgan fingerprint density at radius 1 is 1.10 bits per heavy atom. The Bertz CT molecular complexity index is 1150. The molecule has 150 valence electrons. The summed E-state index contributed by atoms with van der Waals surface area (Å²) >= 11 is 1.09. The van der Waals surface area contributed by atoms with E-state index in [4.69, 9.17) is 4.74 Å². The van der Waals surface area contributed by atoms with Crippen LogP contribution in [0.15, 0.2) is 47.5 Å². The Balaban J connectivity index is 2.04. The molecule has 0 radical (unpaired) electrons. The fourth-order valence-corrected chi connectivity index (χ4v) is 3.71. The molecule has 0 saturated heterocycles. The molecule has 1 amide bonds. The summed E-state index contributed by atoms with van der Waals surface area (Å²) in [5.74, 6) is -2.20. The number of hydrogen-bond acceptors (Lipinski definition) is 6. The Labute approximate surface area is 169 Å². The zero-order valence-electron chi connectivity index (χ0n) is 15.7. The molecule has 3 rings (SSSR count). The van der Waals surface area contributed by atoms with Crippen LogP contribution in [0.5, 0.6) is 0 Å². The average molecular weight is 416 g/mol. The van der Waals surface area contributed by atoms with Crippen LogP contribution in [-0.2, 0) is 20.8 Å². The van der Waals surface area contributed by atoms with Gasteiger partial charge in [-0.15, -0.1) is 0 Å². The van der Waals surface area contributed by atoms with Gasteiger partial charge in [0.2, 0.25) is 0 Å². The van der Waals surface area contributed by atoms with Crippen molar-refractivity contribution in [1.82, 2.24) is 4.57 Å². The van der Waals surface area contributed by atoms with E-state index in [1.165, 1.54) is 42.0 Å². The van der Waals surface area contributed by atoms with Crippen LogP contribution in [0, 0.1) is 5.82 Å². The van der Waals surface area contributed by atoms with Gasteiger partial charge in [0, 0.05) is 5.56 Å². The Hall–Kier alpha value is -3.33. The van der Waals surface area contributed by atoms with Crippen LogP contribution in [-0.4, -0.2) is 36.1 Å². The summed E-state index contributed by atoms with van der Waals surface area (Å²) in [5, 5.41) is 0. The third-order valence-corrected chi connectivity index (χ3v) is 5.04. The number of ether oxygens (including phenoxy) is 2. The van der Waals surface area contributed by atoms with Gasteiger partial charge in [-0.05, 0) is 43.3 Å². The molecule has 7 nitrogen and oxygen atoms in total. The maximum atomic E-state index is 14.4. The maximum absolute atomic E-state index is 14.4. The molecular formula is C20H17FN2O5S. The molecule has 0 aliphatic carbocycles. The molecule has 0 unspecified atom stereocenters. The highest BCUT2D eigenvalue weighted by molar-refractivity contribution is 7.16. The van der Waals surface area contributed by atoms with Gasteiger partial charge in [0.1, 0.15) is 12.4 Å². The third kappa shape index (κ3) is 4.40. The zero-order valence-corrected chi connectivity index (χ0v) is 16.5. The van der Waals surface area contributed by atoms with Crippen LogP contribution in [0.25, 0.3) is 10.2 Å². The number of carbonyl (C=O) groups is 3. The molecule has 0 aliphatic rings. The maximum Gasteiger partial charge on any atom is 0.337 e. The molecule has 0 saturated carbocycles. The second kappa shape index (κ2) is 8.78. The van der Waals surface area contributed by atoms with Gasteiger partial charge in [-0.3, -0.25) is 9.59 Å². The molecule has 29 heavy (non-hydrogen) atoms. The molecule has 0 aliphatic heterocycles. The lowest BCUT2D eigenvalue weighted by Crippen LogP contribution is -2.23. The molecule has 1 aromatic heterocycles. The molecule has 9 heteroatoms. The van der Waals surface area contributed by atoms with E-state index in [1.54, 1.807) is 19.1 Å². The number of rotatable bonds is 5. The van der Waals surface area contributed by atoms with E-state index in [0.29, 0.717) is 10.3 Å². The molecule has 0 N–H and O–H groups in total. The van der Waals surface area contributed by atoms with Gasteiger partial charge >= 0.3 is 11.9 Å². The molecule has 1 heterocycles. The topological polar surface area (TPSA) is 87.0 Å². The van der Waals surface area contributed by atoms with E-state index in [0.717, 1.165) is 11.3 Å². The third-order valence-electron chi connectivity index (χ3n) is 3.99. The summed E-state index contributed by atoms with van der Waals surface area (Å²) in [5.41, 5.74) is 0.710. The van der Waals surface area contributed by atoms with Crippen molar-refractivity contribution in [3.8, 4) is 0 Å². The minimum atomic E-state index is -0.592. The number of hydrogen-bond donors (Lipinski definition) is 0. The van der Waals surface area contributed by atoms with Crippen molar-refractivity contribution < 1.29 is 28.2 Å². The highest BCUT2D eigenvalue weighted by atomic mass is 32.1. The normalized spacial score (nSPS) is 11.5. The lowest BCUT2D eigenvalue weighted by atomic mass is 10.1. The van der Waals surface area contributed by atoms with E-state index < -0.39 is 23.7 Å². The summed E-state index contributed by atoms with van der Waals surface area (Å²) in [6, 6.07) is 10.3. The van der Waals surface area contributed by atoms with Gasteiger partial charge in [0.15, 0.2) is 4.80 Å².